The van der Waals surface area contributed by atoms with Gasteiger partial charge in [0.25, 0.3) is 0 Å². The number of anilines is 2. The summed E-state index contributed by atoms with van der Waals surface area (Å²) in [5, 5.41) is 26.6. The van der Waals surface area contributed by atoms with E-state index in [9.17, 15) is 32.7 Å². The fourth-order valence-corrected chi connectivity index (χ4v) is 8.39. The molecule has 2 aromatic carbocycles. The second-order valence-electron chi connectivity index (χ2n) is 14.7. The lowest BCUT2D eigenvalue weighted by Gasteiger charge is -2.25. The van der Waals surface area contributed by atoms with Crippen molar-refractivity contribution in [3.8, 4) is 11.1 Å². The van der Waals surface area contributed by atoms with Gasteiger partial charge in [-0.3, -0.25) is 4.79 Å². The molecule has 56 heavy (non-hydrogen) atoms. The van der Waals surface area contributed by atoms with E-state index >= 15 is 0 Å². The summed E-state index contributed by atoms with van der Waals surface area (Å²) in [5.74, 6) is -2.27. The Morgan fingerprint density at radius 3 is 2.38 bits per heavy atom. The number of carbonyl (C=O) groups excluding carboxylic acids is 3. The number of nitrogens with one attached hydrogen (secondary N) is 5. The first-order valence-electron chi connectivity index (χ1n) is 18.9. The van der Waals surface area contributed by atoms with Gasteiger partial charge < -0.3 is 45.9 Å². The summed E-state index contributed by atoms with van der Waals surface area (Å²) in [7, 11) is 0. The van der Waals surface area contributed by atoms with Crippen LogP contribution in [-0.2, 0) is 14.3 Å². The first-order valence-corrected chi connectivity index (χ1v) is 18.9. The molecule has 4 aromatic rings. The van der Waals surface area contributed by atoms with E-state index in [1.165, 1.54) is 10.9 Å². The summed E-state index contributed by atoms with van der Waals surface area (Å²) in [6, 6.07) is 13.8. The third kappa shape index (κ3) is 7.30. The van der Waals surface area contributed by atoms with Gasteiger partial charge in [-0.15, -0.1) is 0 Å². The Kier molecular flexibility index (Phi) is 10.2. The molecule has 3 amide bonds. The van der Waals surface area contributed by atoms with E-state index in [4.69, 9.17) is 14.7 Å². The molecule has 6 atom stereocenters. The summed E-state index contributed by atoms with van der Waals surface area (Å²) in [4.78, 5) is 53.6. The lowest BCUT2D eigenvalue weighted by atomic mass is 9.97. The SMILES string of the molecule is CCC(=O)N[C@H]1C[C@@H](n2cnc3c(NCC4c5ccccc5-c5ccccc54)nc(N4CC[C@@H](NC(=O)N[C@@H]5CCNC5)C4)nc32)[C@H](OC(=O)C(F)(F)F)[C@@H]1O. The van der Waals surface area contributed by atoms with Crippen molar-refractivity contribution in [2.45, 2.75) is 81.1 Å². The molecule has 18 heteroatoms. The topological polar surface area (TPSA) is 188 Å². The molecular formula is C38H43F3N10O5. The standard InChI is InChI=1S/C38H43F3N10O5/c1-2-29(52)47-27-15-28(32(31(27)53)56-35(54)38(39,40)41)51-19-44-30-33(43-17-26-24-9-5-3-7-22(24)23-8-4-6-10-25(23)26)48-36(49-34(30)51)50-14-12-21(18-50)46-37(55)45-20-11-13-42-16-20/h3-10,19-21,26-28,31-32,42,53H,2,11-18H2,1H3,(H,47,52)(H,43,48,49)(H2,45,46,55)/t20-,21-,27+,28-,31-,32+/m1/s1. The highest BCUT2D eigenvalue weighted by Crippen LogP contribution is 2.45. The molecule has 0 radical (unpaired) electrons. The maximum Gasteiger partial charge on any atom is 0.490 e. The van der Waals surface area contributed by atoms with Crippen molar-refractivity contribution in [1.29, 1.82) is 0 Å². The third-order valence-corrected chi connectivity index (χ3v) is 11.2. The Morgan fingerprint density at radius 1 is 0.982 bits per heavy atom. The molecule has 0 bridgehead atoms. The second kappa shape index (κ2) is 15.2. The molecule has 3 fully saturated rings. The maximum absolute atomic E-state index is 13.5. The van der Waals surface area contributed by atoms with Crippen LogP contribution in [0.15, 0.2) is 54.9 Å². The van der Waals surface area contributed by atoms with Crippen molar-refractivity contribution in [3.63, 3.8) is 0 Å². The van der Waals surface area contributed by atoms with Gasteiger partial charge in [-0.2, -0.15) is 23.1 Å². The summed E-state index contributed by atoms with van der Waals surface area (Å²) in [5.41, 5.74) is 5.10. The zero-order valence-electron chi connectivity index (χ0n) is 30.6. The molecule has 2 aromatic heterocycles. The lowest BCUT2D eigenvalue weighted by Crippen LogP contribution is -2.47. The predicted molar refractivity (Wildman–Crippen MR) is 199 cm³/mol. The summed E-state index contributed by atoms with van der Waals surface area (Å²) in [6.45, 7) is 4.46. The number of ether oxygens (including phenoxy) is 1. The van der Waals surface area contributed by atoms with Crippen LogP contribution >= 0.6 is 0 Å². The number of aliphatic hydroxyl groups is 1. The molecule has 4 heterocycles. The van der Waals surface area contributed by atoms with Crippen LogP contribution in [0.5, 0.6) is 0 Å². The molecular weight excluding hydrogens is 733 g/mol. The number of alkyl halides is 3. The number of rotatable bonds is 10. The lowest BCUT2D eigenvalue weighted by molar-refractivity contribution is -0.209. The van der Waals surface area contributed by atoms with Crippen molar-refractivity contribution in [1.82, 2.24) is 40.8 Å². The number of amides is 3. The van der Waals surface area contributed by atoms with Gasteiger partial charge in [0, 0.05) is 50.6 Å². The van der Waals surface area contributed by atoms with Gasteiger partial charge in [-0.25, -0.2) is 14.6 Å². The molecule has 1 saturated carbocycles. The number of carbonyl (C=O) groups is 3. The molecule has 2 aliphatic carbocycles. The number of nitrogens with zero attached hydrogens (tertiary/aromatic N) is 5. The average Bonchev–Trinajstić information content (AvgIpc) is 4.03. The Morgan fingerprint density at radius 2 is 1.70 bits per heavy atom. The minimum absolute atomic E-state index is 0.0361. The van der Waals surface area contributed by atoms with E-state index in [0.717, 1.165) is 35.2 Å². The second-order valence-corrected chi connectivity index (χ2v) is 14.7. The van der Waals surface area contributed by atoms with Gasteiger partial charge in [0.05, 0.1) is 18.4 Å². The number of aliphatic hydroxyl groups excluding tert-OH is 1. The number of fused-ring (bicyclic) bond motifs is 4. The van der Waals surface area contributed by atoms with Crippen LogP contribution in [0, 0.1) is 0 Å². The highest BCUT2D eigenvalue weighted by atomic mass is 19.4. The average molecular weight is 777 g/mol. The van der Waals surface area contributed by atoms with Crippen LogP contribution in [0.4, 0.5) is 29.7 Å². The van der Waals surface area contributed by atoms with Crippen molar-refractivity contribution in [2.75, 3.05) is 42.9 Å². The fourth-order valence-electron chi connectivity index (χ4n) is 8.39. The van der Waals surface area contributed by atoms with Crippen LogP contribution in [0.2, 0.25) is 0 Å². The van der Waals surface area contributed by atoms with Gasteiger partial charge in [0.2, 0.25) is 11.9 Å². The molecule has 296 valence electrons. The van der Waals surface area contributed by atoms with Gasteiger partial charge in [-0.1, -0.05) is 55.5 Å². The minimum Gasteiger partial charge on any atom is -0.451 e. The zero-order chi connectivity index (χ0) is 39.1. The van der Waals surface area contributed by atoms with Crippen LogP contribution in [0.3, 0.4) is 0 Å². The van der Waals surface area contributed by atoms with Crippen LogP contribution in [-0.4, -0.2) is 112 Å². The number of urea groups is 1. The monoisotopic (exact) mass is 776 g/mol. The highest BCUT2D eigenvalue weighted by Gasteiger charge is 2.51. The quantitative estimate of drug-likeness (QED) is 0.130. The largest absolute Gasteiger partial charge is 0.490 e. The first kappa shape index (κ1) is 37.4. The Hall–Kier alpha value is -5.49. The first-order chi connectivity index (χ1) is 27.0. The summed E-state index contributed by atoms with van der Waals surface area (Å²) < 4.78 is 46.9. The highest BCUT2D eigenvalue weighted by molar-refractivity contribution is 5.85. The van der Waals surface area contributed by atoms with Crippen LogP contribution in [0.25, 0.3) is 22.3 Å². The summed E-state index contributed by atoms with van der Waals surface area (Å²) >= 11 is 0. The van der Waals surface area contributed by atoms with Crippen LogP contribution in [0.1, 0.15) is 55.7 Å². The smallest absolute Gasteiger partial charge is 0.451 e. The zero-order valence-corrected chi connectivity index (χ0v) is 30.6. The predicted octanol–water partition coefficient (Wildman–Crippen LogP) is 2.97. The van der Waals surface area contributed by atoms with Crippen molar-refractivity contribution >= 4 is 40.8 Å². The number of hydrogen-bond donors (Lipinski definition) is 6. The Labute approximate surface area is 319 Å². The number of hydrogen-bond acceptors (Lipinski definition) is 11. The molecule has 15 nitrogen and oxygen atoms in total. The van der Waals surface area contributed by atoms with Gasteiger partial charge in [-0.05, 0) is 48.1 Å². The normalized spacial score (nSPS) is 24.6. The van der Waals surface area contributed by atoms with E-state index in [1.807, 2.05) is 29.2 Å². The van der Waals surface area contributed by atoms with Crippen LogP contribution < -0.4 is 31.5 Å². The summed E-state index contributed by atoms with van der Waals surface area (Å²) in [6.07, 6.45) is -5.84. The fraction of sp³-hybridized carbons (Fsp3) is 0.474. The molecule has 2 saturated heterocycles. The number of aromatic nitrogens is 4. The molecule has 0 spiro atoms. The van der Waals surface area contributed by atoms with E-state index < -0.39 is 42.3 Å². The van der Waals surface area contributed by atoms with Gasteiger partial charge in [0.1, 0.15) is 6.10 Å². The molecule has 4 aliphatic rings. The maximum atomic E-state index is 13.5. The number of esters is 1. The Bertz CT molecular complexity index is 2080. The van der Waals surface area contributed by atoms with E-state index in [2.05, 4.69) is 55.8 Å². The van der Waals surface area contributed by atoms with Crippen molar-refractivity contribution < 1.29 is 37.4 Å². The van der Waals surface area contributed by atoms with E-state index in [-0.39, 0.29) is 48.5 Å². The van der Waals surface area contributed by atoms with Crippen molar-refractivity contribution in [3.05, 3.63) is 66.0 Å². The molecule has 8 rings (SSSR count). The van der Waals surface area contributed by atoms with Crippen molar-refractivity contribution in [2.24, 2.45) is 0 Å². The number of imidazole rings is 1. The van der Waals surface area contributed by atoms with Gasteiger partial charge in [0.15, 0.2) is 23.1 Å². The number of benzene rings is 2. The number of halogens is 3. The third-order valence-electron chi connectivity index (χ3n) is 11.2. The van der Waals surface area contributed by atoms with Gasteiger partial charge >= 0.3 is 18.2 Å². The Balaban J connectivity index is 1.13. The molecule has 6 N–H and O–H groups in total. The van der Waals surface area contributed by atoms with E-state index in [0.29, 0.717) is 43.9 Å². The van der Waals surface area contributed by atoms with E-state index in [1.54, 1.807) is 6.92 Å². The molecule has 0 unspecified atom stereocenters. The minimum atomic E-state index is -5.32. The molecule has 2 aliphatic heterocycles.